The van der Waals surface area contributed by atoms with E-state index in [2.05, 4.69) is 15.6 Å². The van der Waals surface area contributed by atoms with Crippen molar-refractivity contribution in [2.75, 3.05) is 5.32 Å². The van der Waals surface area contributed by atoms with Crippen LogP contribution in [-0.2, 0) is 6.54 Å². The Balaban J connectivity index is 1.75. The van der Waals surface area contributed by atoms with Gasteiger partial charge in [0.15, 0.2) is 5.69 Å². The number of hydrogen-bond acceptors (Lipinski definition) is 5. The molecule has 0 aliphatic carbocycles. The number of furan rings is 1. The largest absolute Gasteiger partial charge is 0.467 e. The van der Waals surface area contributed by atoms with Gasteiger partial charge >= 0.3 is 0 Å². The van der Waals surface area contributed by atoms with Crippen molar-refractivity contribution in [1.29, 1.82) is 0 Å². The summed E-state index contributed by atoms with van der Waals surface area (Å²) in [6.45, 7) is 2.17. The minimum absolute atomic E-state index is 0.230. The van der Waals surface area contributed by atoms with Crippen LogP contribution in [0.3, 0.4) is 0 Å². The van der Waals surface area contributed by atoms with E-state index in [0.29, 0.717) is 18.1 Å². The van der Waals surface area contributed by atoms with Gasteiger partial charge in [-0.3, -0.25) is 4.79 Å². The van der Waals surface area contributed by atoms with Crippen LogP contribution in [0, 0.1) is 6.92 Å². The van der Waals surface area contributed by atoms with Gasteiger partial charge in [0.1, 0.15) is 23.9 Å². The Labute approximate surface area is 114 Å². The minimum Gasteiger partial charge on any atom is -0.467 e. The maximum Gasteiger partial charge on any atom is 0.278 e. The Morgan fingerprint density at radius 1 is 1.45 bits per heavy atom. The summed E-state index contributed by atoms with van der Waals surface area (Å²) in [5, 5.41) is 10.5. The molecule has 0 aliphatic heterocycles. The Morgan fingerprint density at radius 3 is 3.05 bits per heavy atom. The number of anilines is 1. The van der Waals surface area contributed by atoms with Crippen LogP contribution in [0.2, 0.25) is 0 Å². The molecule has 0 radical (unpaired) electrons. The van der Waals surface area contributed by atoms with E-state index in [9.17, 15) is 4.79 Å². The first-order chi connectivity index (χ1) is 9.72. The topological polar surface area (TPSA) is 86.1 Å². The Bertz CT molecular complexity index is 712. The number of carbonyl (C=O) groups is 1. The lowest BCUT2D eigenvalue weighted by molar-refractivity contribution is 0.101. The fourth-order valence-corrected chi connectivity index (χ4v) is 1.77. The molecule has 3 rings (SSSR count). The maximum absolute atomic E-state index is 12.0. The molecular formula is C13H12N4O3. The number of aryl methyl sites for hydroxylation is 1. The van der Waals surface area contributed by atoms with Crippen LogP contribution in [0.4, 0.5) is 5.82 Å². The summed E-state index contributed by atoms with van der Waals surface area (Å²) in [5.41, 5.74) is 0.230. The van der Waals surface area contributed by atoms with Gasteiger partial charge in [0.2, 0.25) is 0 Å². The molecule has 0 aliphatic rings. The second-order valence-corrected chi connectivity index (χ2v) is 4.23. The summed E-state index contributed by atoms with van der Waals surface area (Å²) in [6.07, 6.45) is 3.20. The molecule has 3 aromatic heterocycles. The first-order valence-corrected chi connectivity index (χ1v) is 6.01. The zero-order valence-electron chi connectivity index (χ0n) is 10.7. The van der Waals surface area contributed by atoms with E-state index >= 15 is 0 Å². The average molecular weight is 272 g/mol. The molecule has 20 heavy (non-hydrogen) atoms. The van der Waals surface area contributed by atoms with E-state index in [4.69, 9.17) is 8.94 Å². The summed E-state index contributed by atoms with van der Waals surface area (Å²) in [4.78, 5) is 12.0. The Hall–Kier alpha value is -2.83. The Kier molecular flexibility index (Phi) is 3.08. The molecule has 7 heteroatoms. The molecule has 0 saturated carbocycles. The lowest BCUT2D eigenvalue weighted by Crippen LogP contribution is -2.16. The molecule has 102 valence electrons. The fraction of sp³-hybridized carbons (Fsp3) is 0.154. The highest BCUT2D eigenvalue weighted by Crippen LogP contribution is 2.12. The third kappa shape index (κ3) is 2.46. The monoisotopic (exact) mass is 272 g/mol. The number of aromatic nitrogens is 3. The minimum atomic E-state index is -0.344. The fourth-order valence-electron chi connectivity index (χ4n) is 1.77. The molecule has 3 aromatic rings. The van der Waals surface area contributed by atoms with E-state index in [-0.39, 0.29) is 11.6 Å². The van der Waals surface area contributed by atoms with Crippen molar-refractivity contribution in [3.05, 3.63) is 53.9 Å². The highest BCUT2D eigenvalue weighted by atomic mass is 16.5. The summed E-state index contributed by atoms with van der Waals surface area (Å²) >= 11 is 0. The molecule has 3 heterocycles. The standard InChI is InChI=1S/C13H12N4O3/c1-9-7-11(16-20-9)13(18)15-12-4-5-14-17(12)8-10-3-2-6-19-10/h2-7H,8H2,1H3,(H,15,18). The summed E-state index contributed by atoms with van der Waals surface area (Å²) < 4.78 is 11.8. The van der Waals surface area contributed by atoms with Crippen LogP contribution in [0.15, 0.2) is 45.7 Å². The lowest BCUT2D eigenvalue weighted by Gasteiger charge is -2.06. The van der Waals surface area contributed by atoms with Crippen molar-refractivity contribution in [3.8, 4) is 0 Å². The van der Waals surface area contributed by atoms with Gasteiger partial charge in [-0.25, -0.2) is 4.68 Å². The van der Waals surface area contributed by atoms with Crippen LogP contribution < -0.4 is 5.32 Å². The smallest absolute Gasteiger partial charge is 0.278 e. The van der Waals surface area contributed by atoms with Crippen LogP contribution in [0.1, 0.15) is 22.0 Å². The van der Waals surface area contributed by atoms with Gasteiger partial charge in [-0.1, -0.05) is 5.16 Å². The quantitative estimate of drug-likeness (QED) is 0.785. The van der Waals surface area contributed by atoms with Crippen LogP contribution in [-0.4, -0.2) is 20.8 Å². The van der Waals surface area contributed by atoms with Gasteiger partial charge in [0.05, 0.1) is 12.5 Å². The third-order valence-corrected chi connectivity index (χ3v) is 2.70. The Morgan fingerprint density at radius 2 is 2.35 bits per heavy atom. The van der Waals surface area contributed by atoms with Crippen LogP contribution in [0.5, 0.6) is 0 Å². The van der Waals surface area contributed by atoms with E-state index in [1.165, 1.54) is 0 Å². The number of rotatable bonds is 4. The number of nitrogens with zero attached hydrogens (tertiary/aromatic N) is 3. The molecule has 0 fully saturated rings. The molecule has 7 nitrogen and oxygen atoms in total. The van der Waals surface area contributed by atoms with Gasteiger partial charge in [0, 0.05) is 12.1 Å². The van der Waals surface area contributed by atoms with Crippen molar-refractivity contribution >= 4 is 11.7 Å². The molecule has 1 N–H and O–H groups in total. The summed E-state index contributed by atoms with van der Waals surface area (Å²) in [5.74, 6) is 1.55. The second-order valence-electron chi connectivity index (χ2n) is 4.23. The summed E-state index contributed by atoms with van der Waals surface area (Å²) in [7, 11) is 0. The van der Waals surface area contributed by atoms with E-state index in [1.54, 1.807) is 42.3 Å². The van der Waals surface area contributed by atoms with Gasteiger partial charge < -0.3 is 14.3 Å². The zero-order chi connectivity index (χ0) is 13.9. The average Bonchev–Trinajstić information content (AvgIpc) is 3.13. The molecule has 0 spiro atoms. The number of amides is 1. The molecular weight excluding hydrogens is 260 g/mol. The maximum atomic E-state index is 12.0. The predicted molar refractivity (Wildman–Crippen MR) is 69.2 cm³/mol. The van der Waals surface area contributed by atoms with Gasteiger partial charge in [-0.05, 0) is 19.1 Å². The van der Waals surface area contributed by atoms with Crippen molar-refractivity contribution in [3.63, 3.8) is 0 Å². The number of nitrogens with one attached hydrogen (secondary N) is 1. The first kappa shape index (κ1) is 12.2. The molecule has 0 unspecified atom stereocenters. The van der Waals surface area contributed by atoms with E-state index in [0.717, 1.165) is 5.76 Å². The van der Waals surface area contributed by atoms with Gasteiger partial charge in [0.25, 0.3) is 5.91 Å². The van der Waals surface area contributed by atoms with Crippen LogP contribution >= 0.6 is 0 Å². The molecule has 1 amide bonds. The summed E-state index contributed by atoms with van der Waals surface area (Å²) in [6, 6.07) is 6.92. The van der Waals surface area contributed by atoms with Gasteiger partial charge in [-0.2, -0.15) is 5.10 Å². The van der Waals surface area contributed by atoms with Crippen molar-refractivity contribution < 1.29 is 13.7 Å². The second kappa shape index (κ2) is 5.04. The lowest BCUT2D eigenvalue weighted by atomic mass is 10.3. The van der Waals surface area contributed by atoms with Crippen molar-refractivity contribution in [1.82, 2.24) is 14.9 Å². The van der Waals surface area contributed by atoms with E-state index in [1.807, 2.05) is 6.07 Å². The molecule has 0 atom stereocenters. The normalized spacial score (nSPS) is 10.7. The first-order valence-electron chi connectivity index (χ1n) is 6.01. The van der Waals surface area contributed by atoms with Crippen LogP contribution in [0.25, 0.3) is 0 Å². The van der Waals surface area contributed by atoms with E-state index < -0.39 is 0 Å². The predicted octanol–water partition coefficient (Wildman–Crippen LogP) is 2.07. The van der Waals surface area contributed by atoms with Crippen molar-refractivity contribution in [2.24, 2.45) is 0 Å². The highest BCUT2D eigenvalue weighted by molar-refractivity contribution is 6.02. The number of carbonyl (C=O) groups excluding carboxylic acids is 1. The zero-order valence-corrected chi connectivity index (χ0v) is 10.7. The van der Waals surface area contributed by atoms with Crippen molar-refractivity contribution in [2.45, 2.75) is 13.5 Å². The molecule has 0 aromatic carbocycles. The third-order valence-electron chi connectivity index (χ3n) is 2.70. The van der Waals surface area contributed by atoms with Gasteiger partial charge in [-0.15, -0.1) is 0 Å². The SMILES string of the molecule is Cc1cc(C(=O)Nc2ccnn2Cc2ccco2)no1. The molecule has 0 bridgehead atoms. The molecule has 0 saturated heterocycles. The number of hydrogen-bond donors (Lipinski definition) is 1. The highest BCUT2D eigenvalue weighted by Gasteiger charge is 2.13.